The molecule has 0 bridgehead atoms. The highest BCUT2D eigenvalue weighted by Gasteiger charge is 2.04. The van der Waals surface area contributed by atoms with Crippen LogP contribution >= 0.6 is 12.0 Å². The van der Waals surface area contributed by atoms with E-state index >= 15 is 0 Å². The summed E-state index contributed by atoms with van der Waals surface area (Å²) >= 11 is 0.779. The Kier molecular flexibility index (Phi) is 6.30. The summed E-state index contributed by atoms with van der Waals surface area (Å²) in [5.41, 5.74) is 5.28. The summed E-state index contributed by atoms with van der Waals surface area (Å²) in [6, 6.07) is -0.447. The molecule has 4 N–H and O–H groups in total. The fraction of sp³-hybridized carbons (Fsp3) is 0.833. The predicted octanol–water partition coefficient (Wildman–Crippen LogP) is 0.0461. The lowest BCUT2D eigenvalue weighted by Crippen LogP contribution is -2.38. The molecule has 0 rings (SSSR count). The fourth-order valence-corrected chi connectivity index (χ4v) is 0.783. The number of nitrogens with one attached hydrogen (secondary N) is 1. The Bertz CT molecular complexity index is 119. The molecule has 0 aromatic rings. The van der Waals surface area contributed by atoms with Crippen LogP contribution in [0, 0.1) is 0 Å². The Hall–Kier alpha value is -0.260. The van der Waals surface area contributed by atoms with Gasteiger partial charge in [0.2, 0.25) is 5.91 Å². The van der Waals surface area contributed by atoms with Gasteiger partial charge in [-0.2, -0.15) is 0 Å². The number of nitrogens with two attached hydrogens (primary N) is 1. The SMILES string of the molecule is CC(N)C(=O)NCCCSO. The van der Waals surface area contributed by atoms with E-state index in [1.165, 1.54) is 0 Å². The summed E-state index contributed by atoms with van der Waals surface area (Å²) in [5.74, 6) is 0.493. The molecule has 0 fully saturated rings. The minimum absolute atomic E-state index is 0.145. The number of hydrogen-bond donors (Lipinski definition) is 3. The predicted molar refractivity (Wildman–Crippen MR) is 46.4 cm³/mol. The third-order valence-electron chi connectivity index (χ3n) is 1.13. The second-order valence-corrected chi connectivity index (χ2v) is 2.93. The molecule has 1 unspecified atom stereocenters. The molecule has 0 saturated carbocycles. The van der Waals surface area contributed by atoms with Crippen molar-refractivity contribution >= 4 is 17.9 Å². The van der Waals surface area contributed by atoms with Gasteiger partial charge in [0, 0.05) is 12.3 Å². The highest BCUT2D eigenvalue weighted by molar-refractivity contribution is 7.93. The van der Waals surface area contributed by atoms with Crippen molar-refractivity contribution in [2.24, 2.45) is 5.73 Å². The van der Waals surface area contributed by atoms with Crippen LogP contribution in [0.3, 0.4) is 0 Å². The molecule has 0 spiro atoms. The van der Waals surface area contributed by atoms with Gasteiger partial charge in [-0.3, -0.25) is 4.79 Å². The molecular weight excluding hydrogens is 164 g/mol. The van der Waals surface area contributed by atoms with E-state index in [9.17, 15) is 4.79 Å². The van der Waals surface area contributed by atoms with Crippen molar-refractivity contribution in [2.45, 2.75) is 19.4 Å². The maximum absolute atomic E-state index is 10.8. The Balaban J connectivity index is 3.18. The van der Waals surface area contributed by atoms with Gasteiger partial charge < -0.3 is 15.6 Å². The number of amides is 1. The van der Waals surface area contributed by atoms with Gasteiger partial charge >= 0.3 is 0 Å². The average Bonchev–Trinajstić information content (AvgIpc) is 1.97. The van der Waals surface area contributed by atoms with Crippen molar-refractivity contribution in [3.63, 3.8) is 0 Å². The van der Waals surface area contributed by atoms with Crippen LogP contribution < -0.4 is 11.1 Å². The van der Waals surface area contributed by atoms with Gasteiger partial charge in [-0.15, -0.1) is 0 Å². The zero-order chi connectivity index (χ0) is 8.69. The molecular formula is C6H14N2O2S. The molecule has 0 aliphatic heterocycles. The van der Waals surface area contributed by atoms with Gasteiger partial charge in [-0.1, -0.05) is 0 Å². The summed E-state index contributed by atoms with van der Waals surface area (Å²) in [7, 11) is 0. The molecule has 0 aromatic carbocycles. The number of carbonyl (C=O) groups is 1. The third kappa shape index (κ3) is 6.15. The van der Waals surface area contributed by atoms with Crippen LogP contribution in [0.2, 0.25) is 0 Å². The zero-order valence-corrected chi connectivity index (χ0v) is 7.36. The monoisotopic (exact) mass is 178 g/mol. The van der Waals surface area contributed by atoms with Crippen LogP contribution in [0.4, 0.5) is 0 Å². The summed E-state index contributed by atoms with van der Waals surface area (Å²) in [6.07, 6.45) is 0.764. The van der Waals surface area contributed by atoms with E-state index < -0.39 is 6.04 Å². The average molecular weight is 178 g/mol. The van der Waals surface area contributed by atoms with E-state index in [2.05, 4.69) is 5.32 Å². The molecule has 0 aliphatic carbocycles. The molecule has 0 radical (unpaired) electrons. The quantitative estimate of drug-likeness (QED) is 0.410. The summed E-state index contributed by atoms with van der Waals surface area (Å²) in [5, 5.41) is 2.63. The zero-order valence-electron chi connectivity index (χ0n) is 6.54. The minimum Gasteiger partial charge on any atom is -0.355 e. The van der Waals surface area contributed by atoms with Gasteiger partial charge in [-0.05, 0) is 25.4 Å². The van der Waals surface area contributed by atoms with Crippen LogP contribution in [-0.4, -0.2) is 28.8 Å². The van der Waals surface area contributed by atoms with Crippen molar-refractivity contribution in [1.82, 2.24) is 5.32 Å². The first-order valence-corrected chi connectivity index (χ1v) is 4.42. The first kappa shape index (κ1) is 10.7. The second-order valence-electron chi connectivity index (χ2n) is 2.27. The minimum atomic E-state index is -0.447. The Morgan fingerprint density at radius 2 is 2.45 bits per heavy atom. The highest BCUT2D eigenvalue weighted by Crippen LogP contribution is 1.92. The van der Waals surface area contributed by atoms with Crippen molar-refractivity contribution in [2.75, 3.05) is 12.3 Å². The van der Waals surface area contributed by atoms with E-state index in [-0.39, 0.29) is 5.91 Å². The Morgan fingerprint density at radius 1 is 1.82 bits per heavy atom. The van der Waals surface area contributed by atoms with Gasteiger partial charge in [-0.25, -0.2) is 0 Å². The molecule has 1 amide bonds. The van der Waals surface area contributed by atoms with Gasteiger partial charge in [0.15, 0.2) is 0 Å². The van der Waals surface area contributed by atoms with Crippen LogP contribution in [-0.2, 0) is 4.79 Å². The molecule has 0 heterocycles. The highest BCUT2D eigenvalue weighted by atomic mass is 32.2. The first-order valence-electron chi connectivity index (χ1n) is 3.48. The van der Waals surface area contributed by atoms with E-state index in [1.807, 2.05) is 0 Å². The van der Waals surface area contributed by atoms with E-state index in [0.29, 0.717) is 12.3 Å². The molecule has 11 heavy (non-hydrogen) atoms. The van der Waals surface area contributed by atoms with E-state index in [1.54, 1.807) is 6.92 Å². The number of rotatable bonds is 5. The first-order chi connectivity index (χ1) is 5.18. The van der Waals surface area contributed by atoms with Crippen LogP contribution in [0.15, 0.2) is 0 Å². The normalized spacial score (nSPS) is 12.6. The van der Waals surface area contributed by atoms with Crippen LogP contribution in [0.5, 0.6) is 0 Å². The van der Waals surface area contributed by atoms with Gasteiger partial charge in [0.1, 0.15) is 0 Å². The third-order valence-corrected chi connectivity index (χ3v) is 1.60. The van der Waals surface area contributed by atoms with Crippen LogP contribution in [0.1, 0.15) is 13.3 Å². The largest absolute Gasteiger partial charge is 0.355 e. The maximum Gasteiger partial charge on any atom is 0.236 e. The molecule has 4 nitrogen and oxygen atoms in total. The van der Waals surface area contributed by atoms with Crippen molar-refractivity contribution in [1.29, 1.82) is 0 Å². The van der Waals surface area contributed by atoms with Crippen LogP contribution in [0.25, 0.3) is 0 Å². The smallest absolute Gasteiger partial charge is 0.236 e. The van der Waals surface area contributed by atoms with Gasteiger partial charge in [0.25, 0.3) is 0 Å². The molecule has 5 heteroatoms. The Labute approximate surface area is 70.7 Å². The van der Waals surface area contributed by atoms with Crippen molar-refractivity contribution in [3.05, 3.63) is 0 Å². The fourth-order valence-electron chi connectivity index (χ4n) is 0.509. The molecule has 0 aliphatic rings. The maximum atomic E-state index is 10.8. The number of hydrogen-bond acceptors (Lipinski definition) is 4. The summed E-state index contributed by atoms with van der Waals surface area (Å²) < 4.78 is 8.32. The van der Waals surface area contributed by atoms with Gasteiger partial charge in [0.05, 0.1) is 6.04 Å². The summed E-state index contributed by atoms with van der Waals surface area (Å²) in [4.78, 5) is 10.8. The summed E-state index contributed by atoms with van der Waals surface area (Å²) in [6.45, 7) is 2.21. The van der Waals surface area contributed by atoms with Crippen molar-refractivity contribution in [3.8, 4) is 0 Å². The molecule has 66 valence electrons. The molecule has 0 saturated heterocycles. The lowest BCUT2D eigenvalue weighted by molar-refractivity contribution is -0.121. The van der Waals surface area contributed by atoms with E-state index in [4.69, 9.17) is 10.3 Å². The molecule has 1 atom stereocenters. The van der Waals surface area contributed by atoms with E-state index in [0.717, 1.165) is 18.5 Å². The second kappa shape index (κ2) is 6.45. The number of carbonyl (C=O) groups excluding carboxylic acids is 1. The van der Waals surface area contributed by atoms with Crippen molar-refractivity contribution < 1.29 is 9.35 Å². The lowest BCUT2D eigenvalue weighted by Gasteiger charge is -2.05. The lowest BCUT2D eigenvalue weighted by atomic mass is 10.3. The Morgan fingerprint density at radius 3 is 2.91 bits per heavy atom. The standard InChI is InChI=1S/C6H14N2O2S/c1-5(7)6(9)8-3-2-4-11-10/h5,10H,2-4,7H2,1H3,(H,8,9). The molecule has 0 aromatic heterocycles. The topological polar surface area (TPSA) is 75.4 Å².